The standard InChI is InChI=1S/C22H46O6/c1-4-7-9-10-11-13-15-26-22(21(25)17-24)28-20(16-23)18-27-19(6-3)14-12-8-5-2/h19-25H,4-18H2,1-3H3. The van der Waals surface area contributed by atoms with E-state index in [1.165, 1.54) is 38.5 Å². The van der Waals surface area contributed by atoms with Crippen molar-refractivity contribution in [1.82, 2.24) is 0 Å². The van der Waals surface area contributed by atoms with Gasteiger partial charge in [0, 0.05) is 6.61 Å². The van der Waals surface area contributed by atoms with Crippen LogP contribution >= 0.6 is 0 Å². The van der Waals surface area contributed by atoms with Crippen molar-refractivity contribution in [2.75, 3.05) is 26.4 Å². The van der Waals surface area contributed by atoms with E-state index in [2.05, 4.69) is 20.8 Å². The highest BCUT2D eigenvalue weighted by atomic mass is 16.7. The lowest BCUT2D eigenvalue weighted by molar-refractivity contribution is -0.236. The van der Waals surface area contributed by atoms with Gasteiger partial charge < -0.3 is 29.5 Å². The summed E-state index contributed by atoms with van der Waals surface area (Å²) in [4.78, 5) is 0. The van der Waals surface area contributed by atoms with Crippen molar-refractivity contribution in [3.05, 3.63) is 0 Å². The molecule has 0 fully saturated rings. The fourth-order valence-electron chi connectivity index (χ4n) is 3.00. The Kier molecular flexibility index (Phi) is 19.9. The first kappa shape index (κ1) is 27.8. The Hall–Kier alpha value is -0.240. The second kappa shape index (κ2) is 20.0. The Balaban J connectivity index is 4.28. The minimum atomic E-state index is -1.14. The summed E-state index contributed by atoms with van der Waals surface area (Å²) in [7, 11) is 0. The van der Waals surface area contributed by atoms with Gasteiger partial charge in [-0.15, -0.1) is 0 Å². The zero-order valence-corrected chi connectivity index (χ0v) is 18.5. The second-order valence-electron chi connectivity index (χ2n) is 7.56. The zero-order valence-electron chi connectivity index (χ0n) is 18.5. The predicted octanol–water partition coefficient (Wildman–Crippen LogP) is 3.80. The highest BCUT2D eigenvalue weighted by molar-refractivity contribution is 4.65. The van der Waals surface area contributed by atoms with Crippen LogP contribution in [0.25, 0.3) is 0 Å². The molecule has 0 aromatic carbocycles. The van der Waals surface area contributed by atoms with Gasteiger partial charge in [-0.1, -0.05) is 72.1 Å². The van der Waals surface area contributed by atoms with Gasteiger partial charge >= 0.3 is 0 Å². The van der Waals surface area contributed by atoms with E-state index >= 15 is 0 Å². The third-order valence-electron chi connectivity index (χ3n) is 4.91. The Bertz CT molecular complexity index is 315. The monoisotopic (exact) mass is 406 g/mol. The number of unbranched alkanes of at least 4 members (excludes halogenated alkanes) is 7. The first-order valence-corrected chi connectivity index (χ1v) is 11.4. The number of aliphatic hydroxyl groups is 3. The maximum Gasteiger partial charge on any atom is 0.186 e. The van der Waals surface area contributed by atoms with Gasteiger partial charge in [0.15, 0.2) is 6.29 Å². The highest BCUT2D eigenvalue weighted by Crippen LogP contribution is 2.13. The van der Waals surface area contributed by atoms with Crippen LogP contribution in [0, 0.1) is 0 Å². The highest BCUT2D eigenvalue weighted by Gasteiger charge is 2.24. The molecule has 4 atom stereocenters. The molecule has 0 rings (SSSR count). The van der Waals surface area contributed by atoms with Crippen LogP contribution in [0.3, 0.4) is 0 Å². The summed E-state index contributed by atoms with van der Waals surface area (Å²) in [6, 6.07) is 0. The summed E-state index contributed by atoms with van der Waals surface area (Å²) < 4.78 is 17.3. The molecule has 0 aromatic heterocycles. The van der Waals surface area contributed by atoms with E-state index in [1.54, 1.807) is 0 Å². The van der Waals surface area contributed by atoms with Crippen molar-refractivity contribution in [1.29, 1.82) is 0 Å². The van der Waals surface area contributed by atoms with Crippen molar-refractivity contribution in [2.24, 2.45) is 0 Å². The van der Waals surface area contributed by atoms with Gasteiger partial charge in [-0.25, -0.2) is 0 Å². The summed E-state index contributed by atoms with van der Waals surface area (Å²) >= 11 is 0. The minimum Gasteiger partial charge on any atom is -0.394 e. The number of rotatable bonds is 21. The summed E-state index contributed by atoms with van der Waals surface area (Å²) in [5.74, 6) is 0. The maximum absolute atomic E-state index is 9.98. The molecular weight excluding hydrogens is 360 g/mol. The lowest BCUT2D eigenvalue weighted by Gasteiger charge is -2.28. The van der Waals surface area contributed by atoms with Crippen LogP contribution in [0.4, 0.5) is 0 Å². The molecule has 6 heteroatoms. The molecule has 0 aliphatic rings. The van der Waals surface area contributed by atoms with Gasteiger partial charge in [0.2, 0.25) is 0 Å². The van der Waals surface area contributed by atoms with Gasteiger partial charge in [0.1, 0.15) is 12.2 Å². The molecular formula is C22H46O6. The predicted molar refractivity (Wildman–Crippen MR) is 112 cm³/mol. The Labute approximate surface area is 172 Å². The lowest BCUT2D eigenvalue weighted by Crippen LogP contribution is -2.40. The fourth-order valence-corrected chi connectivity index (χ4v) is 3.00. The molecule has 28 heavy (non-hydrogen) atoms. The number of aliphatic hydroxyl groups excluding tert-OH is 3. The van der Waals surface area contributed by atoms with Crippen LogP contribution in [0.5, 0.6) is 0 Å². The van der Waals surface area contributed by atoms with E-state index in [4.69, 9.17) is 14.2 Å². The summed E-state index contributed by atoms with van der Waals surface area (Å²) in [6.45, 7) is 6.49. The number of ether oxygens (including phenoxy) is 3. The molecule has 6 nitrogen and oxygen atoms in total. The molecule has 0 spiro atoms. The minimum absolute atomic E-state index is 0.148. The molecule has 3 N–H and O–H groups in total. The van der Waals surface area contributed by atoms with Crippen LogP contribution < -0.4 is 0 Å². The topological polar surface area (TPSA) is 88.4 Å². The Morgan fingerprint density at radius 2 is 1.36 bits per heavy atom. The van der Waals surface area contributed by atoms with E-state index < -0.39 is 25.1 Å². The van der Waals surface area contributed by atoms with Gasteiger partial charge in [-0.3, -0.25) is 0 Å². The molecule has 0 amide bonds. The van der Waals surface area contributed by atoms with E-state index in [9.17, 15) is 15.3 Å². The van der Waals surface area contributed by atoms with Crippen LogP contribution in [0.2, 0.25) is 0 Å². The third kappa shape index (κ3) is 14.7. The maximum atomic E-state index is 9.98. The zero-order chi connectivity index (χ0) is 21.0. The fraction of sp³-hybridized carbons (Fsp3) is 1.00. The quantitative estimate of drug-likeness (QED) is 0.198. The number of hydrogen-bond acceptors (Lipinski definition) is 6. The van der Waals surface area contributed by atoms with Gasteiger partial charge in [-0.2, -0.15) is 0 Å². The molecule has 4 unspecified atom stereocenters. The largest absolute Gasteiger partial charge is 0.394 e. The summed E-state index contributed by atoms with van der Waals surface area (Å²) in [5.41, 5.74) is 0. The molecule has 0 heterocycles. The van der Waals surface area contributed by atoms with Crippen LogP contribution in [-0.4, -0.2) is 66.3 Å². The normalized spacial score (nSPS) is 16.1. The van der Waals surface area contributed by atoms with E-state index in [-0.39, 0.29) is 19.3 Å². The smallest absolute Gasteiger partial charge is 0.186 e. The molecule has 0 aliphatic heterocycles. The molecule has 0 radical (unpaired) electrons. The van der Waals surface area contributed by atoms with Crippen molar-refractivity contribution in [2.45, 2.75) is 116 Å². The summed E-state index contributed by atoms with van der Waals surface area (Å²) in [6.07, 6.45) is 9.72. The lowest BCUT2D eigenvalue weighted by atomic mass is 10.1. The van der Waals surface area contributed by atoms with E-state index in [0.29, 0.717) is 6.61 Å². The first-order valence-electron chi connectivity index (χ1n) is 11.4. The van der Waals surface area contributed by atoms with Crippen molar-refractivity contribution >= 4 is 0 Å². The third-order valence-corrected chi connectivity index (χ3v) is 4.91. The van der Waals surface area contributed by atoms with Crippen molar-refractivity contribution in [3.63, 3.8) is 0 Å². The van der Waals surface area contributed by atoms with Gasteiger partial charge in [-0.05, 0) is 19.3 Å². The van der Waals surface area contributed by atoms with Crippen LogP contribution in [0.15, 0.2) is 0 Å². The van der Waals surface area contributed by atoms with Crippen LogP contribution in [0.1, 0.15) is 91.4 Å². The van der Waals surface area contributed by atoms with E-state index in [1.807, 2.05) is 0 Å². The van der Waals surface area contributed by atoms with Gasteiger partial charge in [0.05, 0.1) is 25.9 Å². The Morgan fingerprint density at radius 1 is 0.714 bits per heavy atom. The van der Waals surface area contributed by atoms with Gasteiger partial charge in [0.25, 0.3) is 0 Å². The van der Waals surface area contributed by atoms with Crippen molar-refractivity contribution < 1.29 is 29.5 Å². The molecule has 0 saturated carbocycles. The average molecular weight is 407 g/mol. The van der Waals surface area contributed by atoms with Crippen molar-refractivity contribution in [3.8, 4) is 0 Å². The molecule has 0 aromatic rings. The number of hydrogen-bond donors (Lipinski definition) is 3. The average Bonchev–Trinajstić information content (AvgIpc) is 2.72. The summed E-state index contributed by atoms with van der Waals surface area (Å²) in [5, 5.41) is 28.9. The molecule has 170 valence electrons. The molecule has 0 bridgehead atoms. The molecule has 0 saturated heterocycles. The SMILES string of the molecule is CCCCCCCCOC(OC(CO)COC(CC)CCCCC)C(O)CO. The second-order valence-corrected chi connectivity index (χ2v) is 7.56. The Morgan fingerprint density at radius 3 is 1.96 bits per heavy atom. The van der Waals surface area contributed by atoms with Crippen LogP contribution in [-0.2, 0) is 14.2 Å². The first-order chi connectivity index (χ1) is 13.6. The molecule has 0 aliphatic carbocycles. The van der Waals surface area contributed by atoms with E-state index in [0.717, 1.165) is 32.1 Å².